The van der Waals surface area contributed by atoms with Crippen molar-refractivity contribution in [3.05, 3.63) is 130 Å². The van der Waals surface area contributed by atoms with Crippen molar-refractivity contribution in [2.24, 2.45) is 20.0 Å². The quantitative estimate of drug-likeness (QED) is 0.146. The summed E-state index contributed by atoms with van der Waals surface area (Å²) in [6, 6.07) is 34.0. The van der Waals surface area contributed by atoms with Gasteiger partial charge in [-0.15, -0.1) is 9.15 Å². The van der Waals surface area contributed by atoms with Crippen molar-refractivity contribution in [2.45, 2.75) is 69.7 Å². The second kappa shape index (κ2) is 12.0. The van der Waals surface area contributed by atoms with Gasteiger partial charge in [0.15, 0.2) is 0 Å². The molecule has 0 saturated heterocycles. The van der Waals surface area contributed by atoms with Crippen molar-refractivity contribution in [2.75, 3.05) is 0 Å². The van der Waals surface area contributed by atoms with Crippen molar-refractivity contribution < 1.29 is 9.15 Å². The van der Waals surface area contributed by atoms with Crippen molar-refractivity contribution >= 4 is 56.5 Å². The number of hydrogen-bond acceptors (Lipinski definition) is 4. The van der Waals surface area contributed by atoms with Gasteiger partial charge in [0, 0.05) is 21.5 Å². The Morgan fingerprint density at radius 1 is 0.420 bits per heavy atom. The summed E-state index contributed by atoms with van der Waals surface area (Å²) in [5.74, 6) is 4.46. The van der Waals surface area contributed by atoms with E-state index < -0.39 is 5.91 Å². The van der Waals surface area contributed by atoms with Crippen LogP contribution in [0.15, 0.2) is 117 Å². The van der Waals surface area contributed by atoms with Gasteiger partial charge < -0.3 is 0 Å². The lowest BCUT2D eigenvalue weighted by Gasteiger charge is -2.40. The van der Waals surface area contributed by atoms with Crippen LogP contribution in [0.25, 0.3) is 21.5 Å². The van der Waals surface area contributed by atoms with E-state index >= 15 is 0 Å². The molecule has 0 unspecified atom stereocenters. The molecule has 4 aromatic carbocycles. The van der Waals surface area contributed by atoms with Crippen LogP contribution in [0, 0.1) is 0 Å². The largest absolute Gasteiger partial charge is 0.404 e. The fourth-order valence-electron chi connectivity index (χ4n) is 7.88. The second-order valence-corrected chi connectivity index (χ2v) is 11.2. The monoisotopic (exact) mass is 662 g/mol. The summed E-state index contributed by atoms with van der Waals surface area (Å²) in [5, 5.41) is 4.33. The highest BCUT2D eigenvalue weighted by molar-refractivity contribution is 6.20. The minimum Gasteiger partial charge on any atom is -0.192 e. The molecule has 0 aliphatic carbocycles. The molecule has 8 heteroatoms. The third kappa shape index (κ3) is 3.55. The highest BCUT2D eigenvalue weighted by Gasteiger charge is 2.69. The summed E-state index contributed by atoms with van der Waals surface area (Å²) >= 11 is 0. The van der Waals surface area contributed by atoms with Crippen molar-refractivity contribution in [3.8, 4) is 0 Å². The Hall–Kier alpha value is -5.76. The Kier molecular flexibility index (Phi) is 8.18. The predicted octanol–water partition coefficient (Wildman–Crippen LogP) is 8.69. The zero-order chi connectivity index (χ0) is 32.2. The molecule has 0 bridgehead atoms. The third-order valence-electron chi connectivity index (χ3n) is 9.38. The lowest BCUT2D eigenvalue weighted by Crippen LogP contribution is -2.71. The van der Waals surface area contributed by atoms with Gasteiger partial charge in [-0.2, -0.15) is 9.13 Å². The van der Waals surface area contributed by atoms with Gasteiger partial charge in [0.25, 0.3) is 23.3 Å². The molecule has 0 fully saturated rings. The lowest BCUT2D eigenvalue weighted by molar-refractivity contribution is -0.790. The van der Waals surface area contributed by atoms with E-state index in [0.29, 0.717) is 0 Å². The molecule has 6 aliphatic heterocycles. The first kappa shape index (κ1) is 34.1. The van der Waals surface area contributed by atoms with Gasteiger partial charge in [-0.05, 0) is 48.5 Å². The maximum absolute atomic E-state index is 5.42. The first-order chi connectivity index (χ1) is 23.4. The molecular weight excluding hydrogens is 617 g/mol. The van der Waals surface area contributed by atoms with Gasteiger partial charge in [-0.1, -0.05) is 132 Å². The second-order valence-electron chi connectivity index (χ2n) is 11.2. The average molecular weight is 663 g/mol. The van der Waals surface area contributed by atoms with E-state index in [2.05, 4.69) is 115 Å². The molecule has 2 aromatic heterocycles. The Morgan fingerprint density at radius 3 is 1.16 bits per heavy atom. The van der Waals surface area contributed by atoms with Gasteiger partial charge >= 0.3 is 5.91 Å². The van der Waals surface area contributed by atoms with Crippen LogP contribution in [0.2, 0.25) is 0 Å². The maximum atomic E-state index is 5.42. The molecule has 1 spiro atoms. The summed E-state index contributed by atoms with van der Waals surface area (Å²) in [4.78, 5) is 21.7. The smallest absolute Gasteiger partial charge is 0.192 e. The topological polar surface area (TPSA) is 65.3 Å². The maximum Gasteiger partial charge on any atom is 0.404 e. The predicted molar refractivity (Wildman–Crippen MR) is 208 cm³/mol. The van der Waals surface area contributed by atoms with E-state index in [1.165, 1.54) is 0 Å². The van der Waals surface area contributed by atoms with Gasteiger partial charge in [-0.3, -0.25) is 0 Å². The van der Waals surface area contributed by atoms with Crippen LogP contribution in [-0.4, -0.2) is 41.6 Å². The van der Waals surface area contributed by atoms with Crippen molar-refractivity contribution in [3.63, 3.8) is 0 Å². The average Bonchev–Trinajstić information content (AvgIpc) is 3.87. The highest BCUT2D eigenvalue weighted by Crippen LogP contribution is 2.52. The van der Waals surface area contributed by atoms with Crippen LogP contribution in [0.4, 0.5) is 11.6 Å². The van der Waals surface area contributed by atoms with Crippen molar-refractivity contribution in [1.29, 1.82) is 0 Å². The molecular formula is C42H46N8+2. The summed E-state index contributed by atoms with van der Waals surface area (Å²) in [5.41, 5.74) is 6.13. The van der Waals surface area contributed by atoms with E-state index in [9.17, 15) is 0 Å². The molecule has 6 aliphatic rings. The molecule has 0 saturated carbocycles. The van der Waals surface area contributed by atoms with Crippen LogP contribution < -0.4 is 11.0 Å². The highest BCUT2D eigenvalue weighted by atomic mass is 15.7. The molecule has 50 heavy (non-hydrogen) atoms. The molecule has 0 amide bonds. The molecule has 8 heterocycles. The van der Waals surface area contributed by atoms with Crippen LogP contribution >= 0.6 is 0 Å². The SMILES string of the molecule is C.C.C.CC.CC.CC.c1ccc2c(c1)C1=Nc3c4ccccc4c4n3C35n6c(c7ccccc7c6=NC6=[N+]3C(=N4)c3ccccc36)=NC2=[N+]15. The van der Waals surface area contributed by atoms with E-state index in [4.69, 9.17) is 20.0 Å². The van der Waals surface area contributed by atoms with Gasteiger partial charge in [0.05, 0.1) is 22.3 Å². The Bertz CT molecular complexity index is 2470. The Balaban J connectivity index is 0.000000459. The molecule has 6 aromatic rings. The molecule has 0 radical (unpaired) electrons. The first-order valence-electron chi connectivity index (χ1n) is 16.8. The molecule has 12 rings (SSSR count). The standard InChI is InChI=1S/C33H16N8.3C2H6.3CH4/c1-2-10-18-17(9-1)25-34-27-19-11-3-4-12-20(19)29-36-31-23-15-7-8-16-24(23)32-37-30-22-14-6-5-13-21(22)28-35-26(18)38(25)33(39(27)29,40(28)30)41(31)32;3*1-2;;;/h1-16H;3*1-2H3;3*1H4/q+2;;;;;;. The number of amidine groups is 4. The summed E-state index contributed by atoms with van der Waals surface area (Å²) in [6.07, 6.45) is 0. The van der Waals surface area contributed by atoms with E-state index in [1.807, 2.05) is 41.5 Å². The number of fused-ring (bicyclic) bond motifs is 12. The van der Waals surface area contributed by atoms with Crippen LogP contribution in [0.5, 0.6) is 0 Å². The van der Waals surface area contributed by atoms with E-state index in [-0.39, 0.29) is 22.3 Å². The zero-order valence-corrected chi connectivity index (χ0v) is 27.3. The fourth-order valence-corrected chi connectivity index (χ4v) is 7.88. The summed E-state index contributed by atoms with van der Waals surface area (Å²) < 4.78 is 9.32. The lowest BCUT2D eigenvalue weighted by atomic mass is 10.1. The number of aliphatic imine (C=N–C) groups is 2. The zero-order valence-electron chi connectivity index (χ0n) is 27.3. The minimum absolute atomic E-state index is 0. The first-order valence-corrected chi connectivity index (χ1v) is 16.8. The number of hydrogen-bond donors (Lipinski definition) is 0. The van der Waals surface area contributed by atoms with Crippen LogP contribution in [0.1, 0.15) is 86.1 Å². The van der Waals surface area contributed by atoms with Gasteiger partial charge in [0.1, 0.15) is 0 Å². The number of benzene rings is 4. The fraction of sp³-hybridized carbons (Fsp3) is 0.238. The minimum atomic E-state index is -0.923. The van der Waals surface area contributed by atoms with Gasteiger partial charge in [0.2, 0.25) is 22.6 Å². The Labute approximate surface area is 294 Å². The third-order valence-corrected chi connectivity index (χ3v) is 9.38. The normalized spacial score (nSPS) is 15.5. The molecule has 0 N–H and O–H groups in total. The van der Waals surface area contributed by atoms with Gasteiger partial charge in [-0.25, -0.2) is 0 Å². The van der Waals surface area contributed by atoms with Crippen LogP contribution in [0.3, 0.4) is 0 Å². The molecule has 0 atom stereocenters. The number of rotatable bonds is 0. The molecule has 8 nitrogen and oxygen atoms in total. The van der Waals surface area contributed by atoms with E-state index in [1.54, 1.807) is 0 Å². The summed E-state index contributed by atoms with van der Waals surface area (Å²) in [7, 11) is 0. The van der Waals surface area contributed by atoms with Crippen molar-refractivity contribution in [1.82, 2.24) is 9.13 Å². The molecule has 252 valence electrons. The number of nitrogens with zero attached hydrogens (tertiary/aromatic N) is 8. The number of aromatic nitrogens is 2. The Morgan fingerprint density at radius 2 is 0.760 bits per heavy atom. The van der Waals surface area contributed by atoms with Crippen LogP contribution in [-0.2, 0) is 5.91 Å². The summed E-state index contributed by atoms with van der Waals surface area (Å²) in [6.45, 7) is 12.0. The van der Waals surface area contributed by atoms with E-state index in [0.717, 1.165) is 89.8 Å².